The average molecular weight is 272 g/mol. The SMILES string of the molecule is COc1c(C)cc(C)cc1-c1cc(C(=O)O)nc(C)n1. The van der Waals surface area contributed by atoms with E-state index in [0.717, 1.165) is 16.7 Å². The number of rotatable bonds is 3. The highest BCUT2D eigenvalue weighted by atomic mass is 16.5. The van der Waals surface area contributed by atoms with Gasteiger partial charge >= 0.3 is 5.97 Å². The molecule has 0 unspecified atom stereocenters. The number of aromatic nitrogens is 2. The molecule has 0 bridgehead atoms. The summed E-state index contributed by atoms with van der Waals surface area (Å²) in [7, 11) is 1.59. The molecular weight excluding hydrogens is 256 g/mol. The Kier molecular flexibility index (Phi) is 3.70. The van der Waals surface area contributed by atoms with Gasteiger partial charge in [0.25, 0.3) is 0 Å². The van der Waals surface area contributed by atoms with Gasteiger partial charge in [-0.2, -0.15) is 0 Å². The Balaban J connectivity index is 2.70. The van der Waals surface area contributed by atoms with Crippen molar-refractivity contribution in [3.8, 4) is 17.0 Å². The summed E-state index contributed by atoms with van der Waals surface area (Å²) < 4.78 is 5.42. The summed E-state index contributed by atoms with van der Waals surface area (Å²) >= 11 is 0. The molecule has 1 aromatic carbocycles. The van der Waals surface area contributed by atoms with Crippen molar-refractivity contribution in [2.24, 2.45) is 0 Å². The van der Waals surface area contributed by atoms with Gasteiger partial charge in [-0.05, 0) is 44.0 Å². The Morgan fingerprint density at radius 2 is 1.85 bits per heavy atom. The number of carbonyl (C=O) groups is 1. The predicted molar refractivity (Wildman–Crippen MR) is 75.2 cm³/mol. The van der Waals surface area contributed by atoms with Crippen LogP contribution in [0.4, 0.5) is 0 Å². The first-order valence-electron chi connectivity index (χ1n) is 6.17. The molecule has 0 aliphatic carbocycles. The van der Waals surface area contributed by atoms with Gasteiger partial charge in [-0.25, -0.2) is 14.8 Å². The van der Waals surface area contributed by atoms with Crippen LogP contribution in [0.25, 0.3) is 11.3 Å². The third-order valence-corrected chi connectivity index (χ3v) is 2.96. The molecule has 1 heterocycles. The molecule has 0 aliphatic rings. The zero-order chi connectivity index (χ0) is 14.9. The lowest BCUT2D eigenvalue weighted by Gasteiger charge is -2.13. The number of nitrogens with zero attached hydrogens (tertiary/aromatic N) is 2. The van der Waals surface area contributed by atoms with Gasteiger partial charge in [0.2, 0.25) is 0 Å². The molecule has 1 aromatic heterocycles. The number of aryl methyl sites for hydroxylation is 3. The van der Waals surface area contributed by atoms with Gasteiger partial charge in [0, 0.05) is 5.56 Å². The van der Waals surface area contributed by atoms with Crippen molar-refractivity contribution < 1.29 is 14.6 Å². The summed E-state index contributed by atoms with van der Waals surface area (Å²) in [6.45, 7) is 5.59. The minimum atomic E-state index is -1.07. The van der Waals surface area contributed by atoms with E-state index in [1.165, 1.54) is 6.07 Å². The first-order chi connectivity index (χ1) is 9.42. The average Bonchev–Trinajstić information content (AvgIpc) is 2.37. The molecular formula is C15H16N2O3. The Bertz CT molecular complexity index is 681. The van der Waals surface area contributed by atoms with Gasteiger partial charge in [-0.1, -0.05) is 6.07 Å². The molecule has 0 radical (unpaired) electrons. The van der Waals surface area contributed by atoms with Crippen LogP contribution in [0.5, 0.6) is 5.75 Å². The van der Waals surface area contributed by atoms with Crippen LogP contribution in [0.3, 0.4) is 0 Å². The number of benzene rings is 1. The molecule has 0 spiro atoms. The number of carboxylic acid groups (broad SMARTS) is 1. The predicted octanol–water partition coefficient (Wildman–Crippen LogP) is 2.78. The lowest BCUT2D eigenvalue weighted by atomic mass is 10.0. The van der Waals surface area contributed by atoms with E-state index in [2.05, 4.69) is 9.97 Å². The van der Waals surface area contributed by atoms with Crippen LogP contribution in [-0.4, -0.2) is 28.2 Å². The standard InChI is InChI=1S/C15H16N2O3/c1-8-5-9(2)14(20-4)11(6-8)12-7-13(15(18)19)17-10(3)16-12/h5-7H,1-4H3,(H,18,19). The number of carboxylic acids is 1. The van der Waals surface area contributed by atoms with Crippen molar-refractivity contribution >= 4 is 5.97 Å². The zero-order valence-corrected chi connectivity index (χ0v) is 11.9. The monoisotopic (exact) mass is 272 g/mol. The summed E-state index contributed by atoms with van der Waals surface area (Å²) in [6.07, 6.45) is 0. The molecule has 104 valence electrons. The Labute approximate surface area is 117 Å². The van der Waals surface area contributed by atoms with E-state index < -0.39 is 5.97 Å². The molecule has 0 aliphatic heterocycles. The number of hydrogen-bond donors (Lipinski definition) is 1. The number of aromatic carboxylic acids is 1. The van der Waals surface area contributed by atoms with Crippen LogP contribution in [0.15, 0.2) is 18.2 Å². The molecule has 5 heteroatoms. The molecule has 0 saturated carbocycles. The number of hydrogen-bond acceptors (Lipinski definition) is 4. The lowest BCUT2D eigenvalue weighted by Crippen LogP contribution is -2.05. The molecule has 1 N–H and O–H groups in total. The molecule has 20 heavy (non-hydrogen) atoms. The van der Waals surface area contributed by atoms with Crippen molar-refractivity contribution in [1.82, 2.24) is 9.97 Å². The van der Waals surface area contributed by atoms with Crippen molar-refractivity contribution in [3.63, 3.8) is 0 Å². The largest absolute Gasteiger partial charge is 0.496 e. The first kappa shape index (κ1) is 14.0. The minimum Gasteiger partial charge on any atom is -0.496 e. The zero-order valence-electron chi connectivity index (χ0n) is 11.9. The Morgan fingerprint density at radius 1 is 1.15 bits per heavy atom. The van der Waals surface area contributed by atoms with Gasteiger partial charge < -0.3 is 9.84 Å². The lowest BCUT2D eigenvalue weighted by molar-refractivity contribution is 0.0690. The van der Waals surface area contributed by atoms with Crippen LogP contribution >= 0.6 is 0 Å². The van der Waals surface area contributed by atoms with Crippen molar-refractivity contribution in [3.05, 3.63) is 40.8 Å². The van der Waals surface area contributed by atoms with Crippen LogP contribution in [0.1, 0.15) is 27.4 Å². The second-order valence-electron chi connectivity index (χ2n) is 4.65. The van der Waals surface area contributed by atoms with E-state index in [-0.39, 0.29) is 5.69 Å². The summed E-state index contributed by atoms with van der Waals surface area (Å²) in [6, 6.07) is 5.40. The van der Waals surface area contributed by atoms with Crippen LogP contribution < -0.4 is 4.74 Å². The first-order valence-corrected chi connectivity index (χ1v) is 6.17. The van der Waals surface area contributed by atoms with Crippen molar-refractivity contribution in [2.45, 2.75) is 20.8 Å². The summed E-state index contributed by atoms with van der Waals surface area (Å²) in [5.74, 6) is 0.0474. The second kappa shape index (κ2) is 5.28. The third-order valence-electron chi connectivity index (χ3n) is 2.96. The normalized spacial score (nSPS) is 10.4. The molecule has 5 nitrogen and oxygen atoms in total. The summed E-state index contributed by atoms with van der Waals surface area (Å²) in [5, 5.41) is 9.09. The van der Waals surface area contributed by atoms with Gasteiger partial charge in [-0.3, -0.25) is 0 Å². The quantitative estimate of drug-likeness (QED) is 0.930. The van der Waals surface area contributed by atoms with Crippen molar-refractivity contribution in [1.29, 1.82) is 0 Å². The molecule has 0 saturated heterocycles. The molecule has 2 aromatic rings. The van der Waals surface area contributed by atoms with Gasteiger partial charge in [0.05, 0.1) is 12.8 Å². The van der Waals surface area contributed by atoms with Crippen LogP contribution in [-0.2, 0) is 0 Å². The van der Waals surface area contributed by atoms with E-state index in [9.17, 15) is 4.79 Å². The van der Waals surface area contributed by atoms with Gasteiger partial charge in [0.1, 0.15) is 11.6 Å². The summed E-state index contributed by atoms with van der Waals surface area (Å²) in [5.41, 5.74) is 3.35. The molecule has 2 rings (SSSR count). The van der Waals surface area contributed by atoms with E-state index in [0.29, 0.717) is 17.3 Å². The third kappa shape index (κ3) is 2.61. The fraction of sp³-hybridized carbons (Fsp3) is 0.267. The fourth-order valence-electron chi connectivity index (χ4n) is 2.23. The highest BCUT2D eigenvalue weighted by Gasteiger charge is 2.15. The number of methoxy groups -OCH3 is 1. The topological polar surface area (TPSA) is 72.3 Å². The Hall–Kier alpha value is -2.43. The van der Waals surface area contributed by atoms with E-state index in [1.54, 1.807) is 14.0 Å². The molecule has 0 fully saturated rings. The Morgan fingerprint density at radius 3 is 2.45 bits per heavy atom. The molecule has 0 amide bonds. The maximum atomic E-state index is 11.1. The number of ether oxygens (including phenoxy) is 1. The van der Waals surface area contributed by atoms with E-state index >= 15 is 0 Å². The van der Waals surface area contributed by atoms with E-state index in [4.69, 9.17) is 9.84 Å². The summed E-state index contributed by atoms with van der Waals surface area (Å²) in [4.78, 5) is 19.3. The van der Waals surface area contributed by atoms with Crippen molar-refractivity contribution in [2.75, 3.05) is 7.11 Å². The smallest absolute Gasteiger partial charge is 0.354 e. The van der Waals surface area contributed by atoms with Crippen LogP contribution in [0.2, 0.25) is 0 Å². The minimum absolute atomic E-state index is 0.0197. The highest BCUT2D eigenvalue weighted by Crippen LogP contribution is 2.33. The van der Waals surface area contributed by atoms with Crippen LogP contribution in [0, 0.1) is 20.8 Å². The second-order valence-corrected chi connectivity index (χ2v) is 4.65. The van der Waals surface area contributed by atoms with Gasteiger partial charge in [-0.15, -0.1) is 0 Å². The van der Waals surface area contributed by atoms with E-state index in [1.807, 2.05) is 26.0 Å². The maximum Gasteiger partial charge on any atom is 0.354 e. The fourth-order valence-corrected chi connectivity index (χ4v) is 2.23. The highest BCUT2D eigenvalue weighted by molar-refractivity contribution is 5.87. The van der Waals surface area contributed by atoms with Gasteiger partial charge in [0.15, 0.2) is 5.69 Å². The molecule has 0 atom stereocenters. The maximum absolute atomic E-state index is 11.1.